The van der Waals surface area contributed by atoms with Gasteiger partial charge in [-0.1, -0.05) is 6.07 Å². The van der Waals surface area contributed by atoms with Gasteiger partial charge in [-0.15, -0.1) is 0 Å². The van der Waals surface area contributed by atoms with Gasteiger partial charge in [0.2, 0.25) is 0 Å². The van der Waals surface area contributed by atoms with E-state index in [9.17, 15) is 0 Å². The van der Waals surface area contributed by atoms with Crippen LogP contribution in [0, 0.1) is 0 Å². The summed E-state index contributed by atoms with van der Waals surface area (Å²) < 4.78 is 11.1. The summed E-state index contributed by atoms with van der Waals surface area (Å²) in [4.78, 5) is 2.44. The second-order valence-corrected chi connectivity index (χ2v) is 4.58. The van der Waals surface area contributed by atoms with Crippen LogP contribution in [0.1, 0.15) is 12.8 Å². The molecule has 0 radical (unpaired) electrons. The first-order valence-electron chi connectivity index (χ1n) is 6.63. The molecule has 0 aromatic heterocycles. The summed E-state index contributed by atoms with van der Waals surface area (Å²) in [5, 5.41) is 0. The first-order chi connectivity index (χ1) is 8.84. The molecule has 0 unspecified atom stereocenters. The summed E-state index contributed by atoms with van der Waals surface area (Å²) in [6.45, 7) is 5.75. The van der Waals surface area contributed by atoms with Gasteiger partial charge in [0.25, 0.3) is 0 Å². The molecule has 1 aromatic carbocycles. The monoisotopic (exact) mass is 250 g/mol. The lowest BCUT2D eigenvalue weighted by molar-refractivity contribution is 0.140. The SMILES string of the molecule is Nc1cccc(OCCCN2CCCOCC2)c1. The Labute approximate surface area is 109 Å². The van der Waals surface area contributed by atoms with E-state index in [1.807, 2.05) is 24.3 Å². The average Bonchev–Trinajstić information content (AvgIpc) is 2.63. The van der Waals surface area contributed by atoms with E-state index < -0.39 is 0 Å². The Morgan fingerprint density at radius 3 is 3.11 bits per heavy atom. The van der Waals surface area contributed by atoms with Gasteiger partial charge in [-0.25, -0.2) is 0 Å². The minimum absolute atomic E-state index is 0.737. The molecular formula is C14H22N2O2. The Morgan fingerprint density at radius 2 is 2.22 bits per heavy atom. The van der Waals surface area contributed by atoms with Crippen molar-refractivity contribution in [2.75, 3.05) is 45.2 Å². The van der Waals surface area contributed by atoms with Crippen LogP contribution in [0.15, 0.2) is 24.3 Å². The van der Waals surface area contributed by atoms with Gasteiger partial charge in [-0.2, -0.15) is 0 Å². The highest BCUT2D eigenvalue weighted by Crippen LogP contribution is 2.14. The van der Waals surface area contributed by atoms with E-state index in [1.54, 1.807) is 0 Å². The molecule has 2 rings (SSSR count). The lowest BCUT2D eigenvalue weighted by Gasteiger charge is -2.18. The molecule has 100 valence electrons. The highest BCUT2D eigenvalue weighted by molar-refractivity contribution is 5.43. The number of ether oxygens (including phenoxy) is 2. The topological polar surface area (TPSA) is 47.7 Å². The standard InChI is InChI=1S/C14H22N2O2/c15-13-4-1-5-14(12-13)18-10-3-7-16-6-2-9-17-11-8-16/h1,4-5,12H,2-3,6-11,15H2. The third kappa shape index (κ3) is 4.55. The van der Waals surface area contributed by atoms with E-state index >= 15 is 0 Å². The lowest BCUT2D eigenvalue weighted by atomic mass is 10.3. The molecule has 1 aliphatic rings. The van der Waals surface area contributed by atoms with Gasteiger partial charge in [0.1, 0.15) is 5.75 Å². The number of hydrogen-bond donors (Lipinski definition) is 1. The molecule has 1 aliphatic heterocycles. The molecule has 1 heterocycles. The van der Waals surface area contributed by atoms with Gasteiger partial charge < -0.3 is 20.1 Å². The van der Waals surface area contributed by atoms with Crippen molar-refractivity contribution in [3.8, 4) is 5.75 Å². The molecular weight excluding hydrogens is 228 g/mol. The molecule has 4 nitrogen and oxygen atoms in total. The minimum atomic E-state index is 0.737. The molecule has 0 amide bonds. The van der Waals surface area contributed by atoms with Gasteiger partial charge in [0.05, 0.1) is 13.2 Å². The summed E-state index contributed by atoms with van der Waals surface area (Å²) in [5.74, 6) is 0.856. The minimum Gasteiger partial charge on any atom is -0.493 e. The summed E-state index contributed by atoms with van der Waals surface area (Å²) in [5.41, 5.74) is 6.44. The van der Waals surface area contributed by atoms with Gasteiger partial charge in [0.15, 0.2) is 0 Å². The molecule has 4 heteroatoms. The molecule has 18 heavy (non-hydrogen) atoms. The van der Waals surface area contributed by atoms with Crippen molar-refractivity contribution < 1.29 is 9.47 Å². The molecule has 1 aromatic rings. The zero-order chi connectivity index (χ0) is 12.6. The highest BCUT2D eigenvalue weighted by Gasteiger charge is 2.08. The number of anilines is 1. The van der Waals surface area contributed by atoms with E-state index in [4.69, 9.17) is 15.2 Å². The van der Waals surface area contributed by atoms with E-state index in [-0.39, 0.29) is 0 Å². The largest absolute Gasteiger partial charge is 0.493 e. The first kappa shape index (κ1) is 13.2. The van der Waals surface area contributed by atoms with Crippen molar-refractivity contribution in [2.24, 2.45) is 0 Å². The predicted molar refractivity (Wildman–Crippen MR) is 72.8 cm³/mol. The van der Waals surface area contributed by atoms with Crippen LogP contribution in [-0.4, -0.2) is 44.4 Å². The summed E-state index contributed by atoms with van der Waals surface area (Å²) >= 11 is 0. The fraction of sp³-hybridized carbons (Fsp3) is 0.571. The number of benzene rings is 1. The average molecular weight is 250 g/mol. The first-order valence-corrected chi connectivity index (χ1v) is 6.63. The number of hydrogen-bond acceptors (Lipinski definition) is 4. The predicted octanol–water partition coefficient (Wildman–Crippen LogP) is 1.76. The Bertz CT molecular complexity index is 349. The second-order valence-electron chi connectivity index (χ2n) is 4.58. The number of nitrogens with two attached hydrogens (primary N) is 1. The quantitative estimate of drug-likeness (QED) is 0.639. The number of nitrogens with zero attached hydrogens (tertiary/aromatic N) is 1. The normalized spacial score (nSPS) is 17.3. The molecule has 0 aliphatic carbocycles. The van der Waals surface area contributed by atoms with Crippen LogP contribution >= 0.6 is 0 Å². The van der Waals surface area contributed by atoms with Gasteiger partial charge in [0, 0.05) is 38.0 Å². The fourth-order valence-corrected chi connectivity index (χ4v) is 2.10. The fourth-order valence-electron chi connectivity index (χ4n) is 2.10. The van der Waals surface area contributed by atoms with Crippen LogP contribution in [0.25, 0.3) is 0 Å². The van der Waals surface area contributed by atoms with Crippen LogP contribution in [-0.2, 0) is 4.74 Å². The maximum Gasteiger partial charge on any atom is 0.121 e. The lowest BCUT2D eigenvalue weighted by Crippen LogP contribution is -2.28. The van der Waals surface area contributed by atoms with Gasteiger partial charge in [-0.05, 0) is 25.0 Å². The summed E-state index contributed by atoms with van der Waals surface area (Å²) in [6.07, 6.45) is 2.17. The van der Waals surface area contributed by atoms with Crippen LogP contribution in [0.5, 0.6) is 5.75 Å². The zero-order valence-electron chi connectivity index (χ0n) is 10.8. The summed E-state index contributed by atoms with van der Waals surface area (Å²) in [7, 11) is 0. The number of nitrogen functional groups attached to an aromatic ring is 1. The van der Waals surface area contributed by atoms with E-state index in [1.165, 1.54) is 0 Å². The Balaban J connectivity index is 1.63. The third-order valence-corrected chi connectivity index (χ3v) is 3.06. The summed E-state index contributed by atoms with van der Waals surface area (Å²) in [6, 6.07) is 7.58. The third-order valence-electron chi connectivity index (χ3n) is 3.06. The maximum absolute atomic E-state index is 5.69. The van der Waals surface area contributed by atoms with Crippen LogP contribution in [0.3, 0.4) is 0 Å². The van der Waals surface area contributed by atoms with Gasteiger partial charge >= 0.3 is 0 Å². The van der Waals surface area contributed by atoms with Gasteiger partial charge in [-0.3, -0.25) is 0 Å². The Hall–Kier alpha value is -1.26. The van der Waals surface area contributed by atoms with Crippen LogP contribution in [0.2, 0.25) is 0 Å². The van der Waals surface area contributed by atoms with Crippen LogP contribution in [0.4, 0.5) is 5.69 Å². The zero-order valence-corrected chi connectivity index (χ0v) is 10.8. The van der Waals surface area contributed by atoms with E-state index in [0.717, 1.165) is 63.7 Å². The molecule has 0 atom stereocenters. The van der Waals surface area contributed by atoms with Crippen molar-refractivity contribution in [3.63, 3.8) is 0 Å². The number of rotatable bonds is 5. The van der Waals surface area contributed by atoms with Crippen molar-refractivity contribution in [1.29, 1.82) is 0 Å². The molecule has 0 spiro atoms. The Kier molecular flexibility index (Phi) is 5.30. The Morgan fingerprint density at radius 1 is 1.28 bits per heavy atom. The molecule has 0 saturated carbocycles. The van der Waals surface area contributed by atoms with Crippen molar-refractivity contribution in [2.45, 2.75) is 12.8 Å². The molecule has 1 saturated heterocycles. The van der Waals surface area contributed by atoms with Crippen molar-refractivity contribution >= 4 is 5.69 Å². The second kappa shape index (κ2) is 7.24. The van der Waals surface area contributed by atoms with E-state index in [0.29, 0.717) is 0 Å². The maximum atomic E-state index is 5.69. The molecule has 0 bridgehead atoms. The molecule has 1 fully saturated rings. The molecule has 2 N–H and O–H groups in total. The van der Waals surface area contributed by atoms with Crippen molar-refractivity contribution in [1.82, 2.24) is 4.90 Å². The highest BCUT2D eigenvalue weighted by atomic mass is 16.5. The van der Waals surface area contributed by atoms with Crippen molar-refractivity contribution in [3.05, 3.63) is 24.3 Å². The van der Waals surface area contributed by atoms with Crippen LogP contribution < -0.4 is 10.5 Å². The smallest absolute Gasteiger partial charge is 0.121 e. The van der Waals surface area contributed by atoms with E-state index in [2.05, 4.69) is 4.90 Å².